The van der Waals surface area contributed by atoms with Gasteiger partial charge in [-0.15, -0.1) is 11.3 Å². The number of amides is 2. The van der Waals surface area contributed by atoms with E-state index in [9.17, 15) is 9.18 Å². The van der Waals surface area contributed by atoms with Gasteiger partial charge in [0, 0.05) is 22.9 Å². The number of urea groups is 1. The zero-order valence-corrected chi connectivity index (χ0v) is 20.6. The van der Waals surface area contributed by atoms with E-state index in [-0.39, 0.29) is 27.6 Å². The van der Waals surface area contributed by atoms with Crippen molar-refractivity contribution in [1.29, 1.82) is 0 Å². The molecule has 0 aliphatic rings. The Morgan fingerprint density at radius 1 is 1.06 bits per heavy atom. The Bertz CT molecular complexity index is 1420. The number of carbonyl (C=O) groups excluding carboxylic acids is 1. The monoisotopic (exact) mass is 514 g/mol. The molecule has 2 heterocycles. The molecule has 11 heteroatoms. The molecule has 0 saturated carbocycles. The highest BCUT2D eigenvalue weighted by molar-refractivity contribution is 7.15. The lowest BCUT2D eigenvalue weighted by Crippen LogP contribution is -2.19. The molecule has 0 radical (unpaired) electrons. The van der Waals surface area contributed by atoms with Crippen molar-refractivity contribution in [3.05, 3.63) is 70.3 Å². The predicted molar refractivity (Wildman–Crippen MR) is 136 cm³/mol. The van der Waals surface area contributed by atoms with Gasteiger partial charge in [-0.3, -0.25) is 0 Å². The summed E-state index contributed by atoms with van der Waals surface area (Å²) < 4.78 is 28.3. The van der Waals surface area contributed by atoms with Crippen molar-refractivity contribution >= 4 is 46.3 Å². The molecule has 2 amide bonds. The number of aromatic nitrogens is 3. The van der Waals surface area contributed by atoms with Gasteiger partial charge in [0.2, 0.25) is 5.95 Å². The zero-order valence-electron chi connectivity index (χ0n) is 19.0. The second-order valence-electron chi connectivity index (χ2n) is 8.64. The number of anilines is 3. The molecule has 0 fully saturated rings. The maximum absolute atomic E-state index is 15.1. The first-order valence-corrected chi connectivity index (χ1v) is 11.6. The largest absolute Gasteiger partial charge is 0.368 e. The van der Waals surface area contributed by atoms with Gasteiger partial charge in [-0.05, 0) is 42.5 Å². The number of benzene rings is 2. The van der Waals surface area contributed by atoms with E-state index >= 15 is 4.39 Å². The number of carbonyl (C=O) groups is 1. The summed E-state index contributed by atoms with van der Waals surface area (Å²) in [6, 6.07) is 8.83. The highest BCUT2D eigenvalue weighted by atomic mass is 35.5. The Morgan fingerprint density at radius 2 is 1.83 bits per heavy atom. The molecule has 4 N–H and O–H groups in total. The normalized spacial score (nSPS) is 11.4. The number of nitrogens with zero attached hydrogens (tertiary/aromatic N) is 3. The minimum Gasteiger partial charge on any atom is -0.368 e. The molecular formula is C24H21ClF2N6OS. The minimum atomic E-state index is -0.625. The van der Waals surface area contributed by atoms with Crippen LogP contribution in [-0.2, 0) is 5.41 Å². The lowest BCUT2D eigenvalue weighted by atomic mass is 9.98. The number of thiazole rings is 1. The molecule has 0 atom stereocenters. The van der Waals surface area contributed by atoms with Gasteiger partial charge in [-0.2, -0.15) is 0 Å². The average Bonchev–Trinajstić information content (AvgIpc) is 3.23. The van der Waals surface area contributed by atoms with E-state index in [1.54, 1.807) is 6.07 Å². The van der Waals surface area contributed by atoms with Crippen LogP contribution >= 0.6 is 22.9 Å². The van der Waals surface area contributed by atoms with Gasteiger partial charge in [0.05, 0.1) is 26.3 Å². The van der Waals surface area contributed by atoms with Crippen LogP contribution in [0.2, 0.25) is 5.02 Å². The molecule has 0 bridgehead atoms. The van der Waals surface area contributed by atoms with E-state index in [0.717, 1.165) is 11.1 Å². The molecule has 4 rings (SSSR count). The topological polar surface area (TPSA) is 106 Å². The van der Waals surface area contributed by atoms with Gasteiger partial charge in [-0.25, -0.2) is 28.5 Å². The number of nitrogens with one attached hydrogen (secondary N) is 2. The summed E-state index contributed by atoms with van der Waals surface area (Å²) in [5.41, 5.74) is 7.19. The van der Waals surface area contributed by atoms with Crippen molar-refractivity contribution < 1.29 is 13.6 Å². The van der Waals surface area contributed by atoms with Crippen molar-refractivity contribution in [2.45, 2.75) is 26.2 Å². The molecule has 2 aromatic carbocycles. The number of rotatable bonds is 4. The number of hydrogen-bond acceptors (Lipinski definition) is 6. The van der Waals surface area contributed by atoms with E-state index in [1.165, 1.54) is 47.9 Å². The average molecular weight is 515 g/mol. The molecule has 35 heavy (non-hydrogen) atoms. The lowest BCUT2D eigenvalue weighted by molar-refractivity contribution is 0.262. The van der Waals surface area contributed by atoms with Crippen molar-refractivity contribution in [3.8, 4) is 21.8 Å². The highest BCUT2D eigenvalue weighted by Gasteiger charge is 2.25. The summed E-state index contributed by atoms with van der Waals surface area (Å²) in [5, 5.41) is 6.02. The Kier molecular flexibility index (Phi) is 6.68. The molecule has 0 spiro atoms. The first kappa shape index (κ1) is 24.5. The van der Waals surface area contributed by atoms with E-state index in [1.807, 2.05) is 20.8 Å². The third-order valence-electron chi connectivity index (χ3n) is 4.83. The minimum absolute atomic E-state index is 0.0491. The van der Waals surface area contributed by atoms with Crippen LogP contribution in [0.25, 0.3) is 21.8 Å². The van der Waals surface area contributed by atoms with E-state index in [0.29, 0.717) is 22.0 Å². The fourth-order valence-corrected chi connectivity index (χ4v) is 4.52. The van der Waals surface area contributed by atoms with Crippen LogP contribution < -0.4 is 16.4 Å². The van der Waals surface area contributed by atoms with Crippen LogP contribution in [0.15, 0.2) is 48.7 Å². The fraction of sp³-hybridized carbons (Fsp3) is 0.167. The quantitative estimate of drug-likeness (QED) is 0.280. The summed E-state index contributed by atoms with van der Waals surface area (Å²) >= 11 is 7.31. The number of hydrogen-bond donors (Lipinski definition) is 3. The summed E-state index contributed by atoms with van der Waals surface area (Å²) in [5.74, 6) is -0.944. The van der Waals surface area contributed by atoms with Crippen LogP contribution in [0, 0.1) is 11.6 Å². The number of halogens is 3. The van der Waals surface area contributed by atoms with Gasteiger partial charge in [0.25, 0.3) is 0 Å². The smallest absolute Gasteiger partial charge is 0.323 e. The second-order valence-corrected chi connectivity index (χ2v) is 10.1. The SMILES string of the molecule is CC(C)(C)c1nc(-c2ccnc(N)n2)c(-c2cc(NC(=O)Nc3ccc(F)cc3Cl)ccc2F)s1. The standard InChI is InChI=1S/C24H21ClF2N6OS/c1-24(2,3)21-33-19(18-8-9-29-22(28)31-18)20(35-21)14-11-13(5-6-16(14)27)30-23(34)32-17-7-4-12(26)10-15(17)25/h4-11H,1-3H3,(H2,28,29,31)(H2,30,32,34). The van der Waals surface area contributed by atoms with Gasteiger partial charge in [0.1, 0.15) is 17.3 Å². The van der Waals surface area contributed by atoms with E-state index in [2.05, 4.69) is 20.6 Å². The van der Waals surface area contributed by atoms with Gasteiger partial charge >= 0.3 is 6.03 Å². The predicted octanol–water partition coefficient (Wildman–Crippen LogP) is 6.72. The maximum atomic E-state index is 15.1. The lowest BCUT2D eigenvalue weighted by Gasteiger charge is -2.13. The summed E-state index contributed by atoms with van der Waals surface area (Å²) in [4.78, 5) is 25.9. The van der Waals surface area contributed by atoms with Crippen LogP contribution in [0.3, 0.4) is 0 Å². The summed E-state index contributed by atoms with van der Waals surface area (Å²) in [6.45, 7) is 6.02. The first-order valence-electron chi connectivity index (χ1n) is 10.4. The van der Waals surface area contributed by atoms with Crippen molar-refractivity contribution in [1.82, 2.24) is 15.0 Å². The van der Waals surface area contributed by atoms with Crippen molar-refractivity contribution in [3.63, 3.8) is 0 Å². The van der Waals surface area contributed by atoms with Gasteiger partial charge in [-0.1, -0.05) is 32.4 Å². The molecule has 4 aromatic rings. The second kappa shape index (κ2) is 9.55. The van der Waals surface area contributed by atoms with E-state index < -0.39 is 17.7 Å². The Morgan fingerprint density at radius 3 is 2.51 bits per heavy atom. The molecule has 0 aliphatic carbocycles. The van der Waals surface area contributed by atoms with Crippen LogP contribution in [0.4, 0.5) is 30.9 Å². The summed E-state index contributed by atoms with van der Waals surface area (Å²) in [6.07, 6.45) is 1.51. The Balaban J connectivity index is 1.70. The van der Waals surface area contributed by atoms with Gasteiger partial charge < -0.3 is 16.4 Å². The number of nitrogens with two attached hydrogens (primary N) is 1. The van der Waals surface area contributed by atoms with Crippen molar-refractivity contribution in [2.75, 3.05) is 16.4 Å². The molecule has 180 valence electrons. The molecular weight excluding hydrogens is 494 g/mol. The zero-order chi connectivity index (χ0) is 25.3. The molecule has 0 aliphatic heterocycles. The third kappa shape index (κ3) is 5.55. The van der Waals surface area contributed by atoms with Crippen LogP contribution in [0.5, 0.6) is 0 Å². The summed E-state index contributed by atoms with van der Waals surface area (Å²) in [7, 11) is 0. The van der Waals surface area contributed by atoms with Crippen molar-refractivity contribution in [2.24, 2.45) is 0 Å². The molecule has 0 unspecified atom stereocenters. The molecule has 0 saturated heterocycles. The van der Waals surface area contributed by atoms with E-state index in [4.69, 9.17) is 22.3 Å². The highest BCUT2D eigenvalue weighted by Crippen LogP contribution is 2.42. The van der Waals surface area contributed by atoms with Crippen LogP contribution in [0.1, 0.15) is 25.8 Å². The molecule has 2 aromatic heterocycles. The van der Waals surface area contributed by atoms with Crippen LogP contribution in [-0.4, -0.2) is 21.0 Å². The first-order chi connectivity index (χ1) is 16.5. The fourth-order valence-electron chi connectivity index (χ4n) is 3.16. The van der Waals surface area contributed by atoms with Gasteiger partial charge in [0.15, 0.2) is 0 Å². The molecule has 7 nitrogen and oxygen atoms in total. The third-order valence-corrected chi connectivity index (χ3v) is 6.66. The maximum Gasteiger partial charge on any atom is 0.323 e. The number of nitrogen functional groups attached to an aromatic ring is 1. The Labute approximate surface area is 209 Å². The Hall–Kier alpha value is -3.63.